The summed E-state index contributed by atoms with van der Waals surface area (Å²) in [5.41, 5.74) is 4.57. The summed E-state index contributed by atoms with van der Waals surface area (Å²) in [4.78, 5) is 11.6. The summed E-state index contributed by atoms with van der Waals surface area (Å²) >= 11 is 6.00. The molecule has 5 heterocycles. The number of nitrogens with one attached hydrogen (secondary N) is 1. The van der Waals surface area contributed by atoms with E-state index in [9.17, 15) is 5.26 Å². The van der Waals surface area contributed by atoms with Gasteiger partial charge in [0.25, 0.3) is 6.29 Å². The van der Waals surface area contributed by atoms with E-state index < -0.39 is 6.29 Å². The molecule has 0 radical (unpaired) electrons. The van der Waals surface area contributed by atoms with E-state index in [1.807, 2.05) is 24.4 Å². The van der Waals surface area contributed by atoms with Crippen molar-refractivity contribution in [3.63, 3.8) is 0 Å². The molecule has 4 aromatic rings. The number of para-hydroxylation sites is 1. The van der Waals surface area contributed by atoms with Crippen LogP contribution in [-0.2, 0) is 13.0 Å². The van der Waals surface area contributed by atoms with E-state index in [-0.39, 0.29) is 5.41 Å². The number of likely N-dealkylation sites (tertiary alicyclic amines) is 1. The summed E-state index contributed by atoms with van der Waals surface area (Å²) < 4.78 is 12.4. The standard InChI is InChI=1S/C29H27ClN8O2/c30-21-4-5-23(33-15-21)28-39-25-3-1-2-22(26(25)40-28)18-6-10-38(11-7-18)16-24-19(13-29(17-31)8-9-29)12-20(14-32-24)27-34-36-37-35-27/h1-5,12,14-15,18,28H,6-11,13,16H2,(H,34,35,36,37)/t28-/m0/s1. The van der Waals surface area contributed by atoms with Gasteiger partial charge in [-0.3, -0.25) is 14.9 Å². The summed E-state index contributed by atoms with van der Waals surface area (Å²) in [6.07, 6.45) is 7.43. The Morgan fingerprint density at radius 2 is 1.98 bits per heavy atom. The first kappa shape index (κ1) is 24.9. The van der Waals surface area contributed by atoms with Crippen LogP contribution < -0.4 is 9.47 Å². The molecule has 3 aliphatic rings. The predicted octanol–water partition coefficient (Wildman–Crippen LogP) is 5.01. The summed E-state index contributed by atoms with van der Waals surface area (Å²) in [6.45, 7) is 2.63. The maximum Gasteiger partial charge on any atom is 0.284 e. The molecule has 2 aliphatic heterocycles. The number of tetrazole rings is 1. The van der Waals surface area contributed by atoms with E-state index in [1.165, 1.54) is 5.56 Å². The van der Waals surface area contributed by atoms with Crippen LogP contribution in [-0.4, -0.2) is 48.6 Å². The number of nitriles is 1. The van der Waals surface area contributed by atoms with E-state index >= 15 is 0 Å². The van der Waals surface area contributed by atoms with Crippen LogP contribution in [0, 0.1) is 16.7 Å². The number of aromatic nitrogens is 6. The molecule has 1 saturated heterocycles. The minimum Gasteiger partial charge on any atom is -0.445 e. The van der Waals surface area contributed by atoms with E-state index in [4.69, 9.17) is 26.1 Å². The number of fused-ring (bicyclic) bond motifs is 1. The molecule has 202 valence electrons. The fourth-order valence-electron chi connectivity index (χ4n) is 5.67. The second-order valence-electron chi connectivity index (χ2n) is 10.8. The molecule has 1 saturated carbocycles. The Morgan fingerprint density at radius 1 is 1.10 bits per heavy atom. The maximum atomic E-state index is 9.73. The zero-order valence-electron chi connectivity index (χ0n) is 21.8. The van der Waals surface area contributed by atoms with Crippen molar-refractivity contribution in [1.82, 2.24) is 35.5 Å². The van der Waals surface area contributed by atoms with Crippen LogP contribution in [0.25, 0.3) is 11.4 Å². The quantitative estimate of drug-likeness (QED) is 0.335. The van der Waals surface area contributed by atoms with Gasteiger partial charge in [-0.05, 0) is 91.4 Å². The largest absolute Gasteiger partial charge is 0.445 e. The molecule has 1 atom stereocenters. The lowest BCUT2D eigenvalue weighted by atomic mass is 9.88. The second kappa shape index (κ2) is 10.2. The van der Waals surface area contributed by atoms with Gasteiger partial charge in [0.05, 0.1) is 22.2 Å². The number of aromatic amines is 1. The van der Waals surface area contributed by atoms with E-state index in [1.54, 1.807) is 12.3 Å². The summed E-state index contributed by atoms with van der Waals surface area (Å²) in [7, 11) is 0. The lowest BCUT2D eigenvalue weighted by Gasteiger charge is -2.32. The van der Waals surface area contributed by atoms with Gasteiger partial charge in [0.1, 0.15) is 5.69 Å². The number of nitrogens with zero attached hydrogens (tertiary/aromatic N) is 7. The Kier molecular flexibility index (Phi) is 6.33. The van der Waals surface area contributed by atoms with E-state index in [0.717, 1.165) is 73.6 Å². The Labute approximate surface area is 236 Å². The number of H-pyrrole nitrogens is 1. The molecule has 1 N–H and O–H groups in total. The fraction of sp³-hybridized carbons (Fsp3) is 0.379. The maximum absolute atomic E-state index is 9.73. The monoisotopic (exact) mass is 554 g/mol. The zero-order chi connectivity index (χ0) is 27.1. The highest BCUT2D eigenvalue weighted by Gasteiger charge is 2.43. The third-order valence-electron chi connectivity index (χ3n) is 8.16. The normalized spacial score (nSPS) is 19.9. The van der Waals surface area contributed by atoms with Gasteiger partial charge in [-0.15, -0.1) is 5.10 Å². The molecule has 0 unspecified atom stereocenters. The first-order valence-corrected chi connectivity index (χ1v) is 13.9. The van der Waals surface area contributed by atoms with Gasteiger partial charge in [0, 0.05) is 30.1 Å². The van der Waals surface area contributed by atoms with Gasteiger partial charge in [-0.2, -0.15) is 5.26 Å². The highest BCUT2D eigenvalue weighted by atomic mass is 35.5. The minimum absolute atomic E-state index is 0.267. The van der Waals surface area contributed by atoms with Crippen LogP contribution in [0.5, 0.6) is 11.5 Å². The molecule has 11 heteroatoms. The van der Waals surface area contributed by atoms with Crippen molar-refractivity contribution < 1.29 is 9.47 Å². The molecule has 40 heavy (non-hydrogen) atoms. The van der Waals surface area contributed by atoms with Gasteiger partial charge in [0.15, 0.2) is 17.3 Å². The summed E-state index contributed by atoms with van der Waals surface area (Å²) in [5, 5.41) is 24.5. The van der Waals surface area contributed by atoms with E-state index in [2.05, 4.69) is 48.7 Å². The lowest BCUT2D eigenvalue weighted by molar-refractivity contribution is 0.0439. The number of hydrogen-bond acceptors (Lipinski definition) is 9. The van der Waals surface area contributed by atoms with Crippen molar-refractivity contribution in [1.29, 1.82) is 5.26 Å². The average Bonchev–Trinajstić information content (AvgIpc) is 3.34. The summed E-state index contributed by atoms with van der Waals surface area (Å²) in [6, 6.07) is 14.4. The molecular weight excluding hydrogens is 528 g/mol. The predicted molar refractivity (Wildman–Crippen MR) is 145 cm³/mol. The summed E-state index contributed by atoms with van der Waals surface area (Å²) in [5.74, 6) is 2.52. The van der Waals surface area contributed by atoms with Crippen LogP contribution >= 0.6 is 11.6 Å². The number of halogens is 1. The van der Waals surface area contributed by atoms with Crippen LogP contribution in [0.15, 0.2) is 48.8 Å². The molecule has 0 amide bonds. The number of hydrogen-bond donors (Lipinski definition) is 1. The number of piperidine rings is 1. The highest BCUT2D eigenvalue weighted by Crippen LogP contribution is 2.49. The Hall–Kier alpha value is -4.07. The Morgan fingerprint density at radius 3 is 2.70 bits per heavy atom. The fourth-order valence-corrected chi connectivity index (χ4v) is 5.78. The number of pyridine rings is 2. The van der Waals surface area contributed by atoms with Gasteiger partial charge in [0.2, 0.25) is 0 Å². The van der Waals surface area contributed by atoms with Crippen molar-refractivity contribution in [3.05, 3.63) is 76.3 Å². The van der Waals surface area contributed by atoms with Crippen molar-refractivity contribution in [2.24, 2.45) is 5.41 Å². The van der Waals surface area contributed by atoms with Crippen molar-refractivity contribution in [2.45, 2.75) is 50.9 Å². The van der Waals surface area contributed by atoms with Crippen LogP contribution in [0.3, 0.4) is 0 Å². The van der Waals surface area contributed by atoms with Crippen molar-refractivity contribution in [2.75, 3.05) is 13.1 Å². The van der Waals surface area contributed by atoms with Gasteiger partial charge in [-0.1, -0.05) is 23.7 Å². The molecule has 7 rings (SSSR count). The minimum atomic E-state index is -0.572. The van der Waals surface area contributed by atoms with Gasteiger partial charge < -0.3 is 9.47 Å². The molecule has 10 nitrogen and oxygen atoms in total. The van der Waals surface area contributed by atoms with Gasteiger partial charge in [-0.25, -0.2) is 5.10 Å². The lowest BCUT2D eigenvalue weighted by Crippen LogP contribution is -2.33. The number of ether oxygens (including phenoxy) is 2. The zero-order valence-corrected chi connectivity index (χ0v) is 22.5. The second-order valence-corrected chi connectivity index (χ2v) is 11.3. The third-order valence-corrected chi connectivity index (χ3v) is 8.38. The Balaban J connectivity index is 1.04. The van der Waals surface area contributed by atoms with E-state index in [0.29, 0.717) is 28.9 Å². The van der Waals surface area contributed by atoms with Crippen molar-refractivity contribution >= 4 is 11.6 Å². The van der Waals surface area contributed by atoms with Crippen LogP contribution in [0.4, 0.5) is 0 Å². The third kappa shape index (κ3) is 4.87. The van der Waals surface area contributed by atoms with Gasteiger partial charge >= 0.3 is 0 Å². The highest BCUT2D eigenvalue weighted by molar-refractivity contribution is 6.30. The van der Waals surface area contributed by atoms with Crippen molar-refractivity contribution in [3.8, 4) is 29.0 Å². The molecule has 3 aromatic heterocycles. The SMILES string of the molecule is N#CC1(Cc2cc(-c3nnn[nH]3)cnc2CN2CCC(c3cccc4c3O[C@@H](c3ccc(Cl)cn3)O4)CC2)CC1. The van der Waals surface area contributed by atoms with Crippen LogP contribution in [0.2, 0.25) is 5.02 Å². The topological polar surface area (TPSA) is 126 Å². The van der Waals surface area contributed by atoms with Crippen LogP contribution in [0.1, 0.15) is 60.4 Å². The molecular formula is C29H27ClN8O2. The first-order chi connectivity index (χ1) is 19.6. The number of rotatable bonds is 7. The molecule has 2 fully saturated rings. The smallest absolute Gasteiger partial charge is 0.284 e. The Bertz CT molecular complexity index is 1560. The molecule has 0 bridgehead atoms. The first-order valence-electron chi connectivity index (χ1n) is 13.5. The molecule has 1 aromatic carbocycles. The molecule has 0 spiro atoms. The average molecular weight is 555 g/mol. The molecule has 1 aliphatic carbocycles. The number of benzene rings is 1.